The number of rotatable bonds is 4. The maximum Gasteiger partial charge on any atom is 0.266 e. The zero-order chi connectivity index (χ0) is 20.5. The van der Waals surface area contributed by atoms with Crippen LogP contribution in [0.15, 0.2) is 36.6 Å². The van der Waals surface area contributed by atoms with Crippen LogP contribution in [0.3, 0.4) is 0 Å². The van der Waals surface area contributed by atoms with Crippen molar-refractivity contribution in [2.24, 2.45) is 0 Å². The fourth-order valence-corrected chi connectivity index (χ4v) is 5.26. The smallest absolute Gasteiger partial charge is 0.266 e. The fraction of sp³-hybridized carbons (Fsp3) is 0.238. The molecule has 146 valence electrons. The molecule has 1 fully saturated rings. The molecule has 2 aromatic rings. The molecule has 1 saturated heterocycles. The summed E-state index contributed by atoms with van der Waals surface area (Å²) in [7, 11) is 0. The van der Waals surface area contributed by atoms with Crippen molar-refractivity contribution in [3.05, 3.63) is 58.3 Å². The summed E-state index contributed by atoms with van der Waals surface area (Å²) in [6.45, 7) is 3.84. The van der Waals surface area contributed by atoms with E-state index in [4.69, 9.17) is 12.2 Å². The van der Waals surface area contributed by atoms with E-state index in [2.05, 4.69) is 18.0 Å². The van der Waals surface area contributed by atoms with E-state index in [-0.39, 0.29) is 17.2 Å². The lowest BCUT2D eigenvalue weighted by Crippen LogP contribution is -2.53. The fourth-order valence-electron chi connectivity index (χ4n) is 3.67. The first-order valence-electron chi connectivity index (χ1n) is 9.27. The molecule has 0 bridgehead atoms. The van der Waals surface area contributed by atoms with Crippen molar-refractivity contribution in [1.29, 1.82) is 5.26 Å². The SMILES string of the molecule is C=CCN1C(=O)C(=Cc2cccn2-c2sc3c(c2C#N)CCCC3)C(=O)NC1=S. The molecule has 0 aromatic carbocycles. The van der Waals surface area contributed by atoms with E-state index in [1.807, 2.05) is 22.9 Å². The number of aromatic nitrogens is 1. The van der Waals surface area contributed by atoms with Crippen LogP contribution in [-0.4, -0.2) is 32.9 Å². The molecule has 0 radical (unpaired) electrons. The van der Waals surface area contributed by atoms with Gasteiger partial charge in [0.05, 0.1) is 5.56 Å². The van der Waals surface area contributed by atoms with Crippen LogP contribution in [-0.2, 0) is 22.4 Å². The lowest BCUT2D eigenvalue weighted by Gasteiger charge is -2.27. The summed E-state index contributed by atoms with van der Waals surface area (Å²) in [5.74, 6) is -0.989. The van der Waals surface area contributed by atoms with Crippen molar-refractivity contribution in [3.63, 3.8) is 0 Å². The standard InChI is InChI=1S/C21H18N4O2S2/c1-2-9-25-19(27)15(18(26)23-21(25)28)11-13-6-5-10-24(13)20-16(12-22)14-7-3-4-8-17(14)29-20/h2,5-6,10-11H,1,3-4,7-9H2,(H,23,26,28). The van der Waals surface area contributed by atoms with Crippen LogP contribution in [0.4, 0.5) is 0 Å². The Morgan fingerprint density at radius 2 is 2.14 bits per heavy atom. The molecule has 4 rings (SSSR count). The van der Waals surface area contributed by atoms with Crippen LogP contribution in [0.1, 0.15) is 34.5 Å². The van der Waals surface area contributed by atoms with Gasteiger partial charge in [-0.25, -0.2) is 0 Å². The van der Waals surface area contributed by atoms with Gasteiger partial charge in [0, 0.05) is 23.3 Å². The molecule has 1 aliphatic carbocycles. The van der Waals surface area contributed by atoms with Crippen LogP contribution in [0.5, 0.6) is 0 Å². The molecule has 2 aromatic heterocycles. The topological polar surface area (TPSA) is 78.1 Å². The summed E-state index contributed by atoms with van der Waals surface area (Å²) >= 11 is 6.70. The highest BCUT2D eigenvalue weighted by atomic mass is 32.1. The van der Waals surface area contributed by atoms with E-state index < -0.39 is 11.8 Å². The summed E-state index contributed by atoms with van der Waals surface area (Å²) in [6, 6.07) is 6.01. The minimum Gasteiger partial charge on any atom is -0.308 e. The van der Waals surface area contributed by atoms with Crippen molar-refractivity contribution in [1.82, 2.24) is 14.8 Å². The molecule has 3 heterocycles. The van der Waals surface area contributed by atoms with Crippen LogP contribution in [0, 0.1) is 11.3 Å². The Morgan fingerprint density at radius 1 is 1.34 bits per heavy atom. The van der Waals surface area contributed by atoms with Gasteiger partial charge in [-0.3, -0.25) is 19.8 Å². The zero-order valence-corrected chi connectivity index (χ0v) is 17.2. The molecule has 1 aliphatic heterocycles. The van der Waals surface area contributed by atoms with Gasteiger partial charge in [-0.05, 0) is 61.7 Å². The number of thiocarbonyl (C=S) groups is 1. The maximum atomic E-state index is 12.8. The van der Waals surface area contributed by atoms with Crippen LogP contribution < -0.4 is 5.32 Å². The number of thiophene rings is 1. The van der Waals surface area contributed by atoms with Crippen molar-refractivity contribution in [2.75, 3.05) is 6.54 Å². The number of fused-ring (bicyclic) bond motifs is 1. The number of carbonyl (C=O) groups is 2. The van der Waals surface area contributed by atoms with Gasteiger partial charge in [0.25, 0.3) is 11.8 Å². The van der Waals surface area contributed by atoms with Gasteiger partial charge in [0.1, 0.15) is 16.6 Å². The van der Waals surface area contributed by atoms with Crippen molar-refractivity contribution in [2.45, 2.75) is 25.7 Å². The molecular weight excluding hydrogens is 404 g/mol. The second kappa shape index (κ2) is 7.78. The first kappa shape index (κ1) is 19.3. The average molecular weight is 423 g/mol. The third-order valence-corrected chi connectivity index (χ3v) is 6.67. The Kier molecular flexibility index (Phi) is 5.18. The quantitative estimate of drug-likeness (QED) is 0.355. The van der Waals surface area contributed by atoms with Gasteiger partial charge in [0.2, 0.25) is 0 Å². The summed E-state index contributed by atoms with van der Waals surface area (Å²) < 4.78 is 1.87. The van der Waals surface area contributed by atoms with E-state index in [1.54, 1.807) is 23.5 Å². The summed E-state index contributed by atoms with van der Waals surface area (Å²) in [6.07, 6.45) is 9.08. The summed E-state index contributed by atoms with van der Waals surface area (Å²) in [5.41, 5.74) is 2.49. The third kappa shape index (κ3) is 3.33. The lowest BCUT2D eigenvalue weighted by atomic mass is 9.96. The molecular formula is C21H18N4O2S2. The number of nitrogens with one attached hydrogen (secondary N) is 1. The monoisotopic (exact) mass is 422 g/mol. The minimum absolute atomic E-state index is 0.000210. The minimum atomic E-state index is -0.529. The van der Waals surface area contributed by atoms with Gasteiger partial charge in [-0.1, -0.05) is 6.08 Å². The van der Waals surface area contributed by atoms with E-state index >= 15 is 0 Å². The van der Waals surface area contributed by atoms with E-state index in [1.165, 1.54) is 9.78 Å². The number of amides is 2. The largest absolute Gasteiger partial charge is 0.308 e. The normalized spacial score (nSPS) is 17.8. The molecule has 0 saturated carbocycles. The Morgan fingerprint density at radius 3 is 2.90 bits per heavy atom. The van der Waals surface area contributed by atoms with Gasteiger partial charge in [-0.15, -0.1) is 17.9 Å². The predicted octanol–water partition coefficient (Wildman–Crippen LogP) is 3.10. The molecule has 2 aliphatic rings. The van der Waals surface area contributed by atoms with Crippen molar-refractivity contribution in [3.8, 4) is 11.1 Å². The molecule has 29 heavy (non-hydrogen) atoms. The van der Waals surface area contributed by atoms with E-state index in [0.29, 0.717) is 11.3 Å². The average Bonchev–Trinajstić information content (AvgIpc) is 3.31. The van der Waals surface area contributed by atoms with Gasteiger partial charge in [0.15, 0.2) is 5.11 Å². The van der Waals surface area contributed by atoms with Gasteiger partial charge < -0.3 is 4.57 Å². The van der Waals surface area contributed by atoms with Crippen LogP contribution >= 0.6 is 23.6 Å². The lowest BCUT2D eigenvalue weighted by molar-refractivity contribution is -0.128. The molecule has 0 atom stereocenters. The Balaban J connectivity index is 1.78. The first-order chi connectivity index (χ1) is 14.0. The van der Waals surface area contributed by atoms with Gasteiger partial charge in [-0.2, -0.15) is 5.26 Å². The number of nitrogens with zero attached hydrogens (tertiary/aromatic N) is 3. The molecule has 1 N–H and O–H groups in total. The van der Waals surface area contributed by atoms with Crippen molar-refractivity contribution < 1.29 is 9.59 Å². The van der Waals surface area contributed by atoms with E-state index in [0.717, 1.165) is 36.2 Å². The second-order valence-electron chi connectivity index (χ2n) is 6.83. The first-order valence-corrected chi connectivity index (χ1v) is 10.5. The van der Waals surface area contributed by atoms with Crippen LogP contribution in [0.2, 0.25) is 0 Å². The number of hydrogen-bond acceptors (Lipinski definition) is 5. The Hall–Kier alpha value is -3.02. The highest BCUT2D eigenvalue weighted by Crippen LogP contribution is 2.37. The molecule has 8 heteroatoms. The molecule has 0 unspecified atom stereocenters. The Labute approximate surface area is 177 Å². The highest BCUT2D eigenvalue weighted by molar-refractivity contribution is 7.80. The van der Waals surface area contributed by atoms with Crippen molar-refractivity contribution >= 4 is 46.6 Å². The molecule has 2 amide bonds. The Bertz CT molecular complexity index is 1120. The van der Waals surface area contributed by atoms with E-state index in [9.17, 15) is 14.9 Å². The number of nitriles is 1. The molecule has 6 nitrogen and oxygen atoms in total. The molecule has 0 spiro atoms. The van der Waals surface area contributed by atoms with Gasteiger partial charge >= 0.3 is 0 Å². The number of carbonyl (C=O) groups excluding carboxylic acids is 2. The van der Waals surface area contributed by atoms with Crippen LogP contribution in [0.25, 0.3) is 11.1 Å². The number of aryl methyl sites for hydroxylation is 1. The summed E-state index contributed by atoms with van der Waals surface area (Å²) in [4.78, 5) is 27.8. The second-order valence-corrected chi connectivity index (χ2v) is 8.30. The zero-order valence-electron chi connectivity index (χ0n) is 15.6. The third-order valence-electron chi connectivity index (χ3n) is 5.05. The number of hydrogen-bond donors (Lipinski definition) is 1. The maximum absolute atomic E-state index is 12.8. The summed E-state index contributed by atoms with van der Waals surface area (Å²) in [5, 5.41) is 13.2. The highest BCUT2D eigenvalue weighted by Gasteiger charge is 2.33. The predicted molar refractivity (Wildman–Crippen MR) is 116 cm³/mol.